The topological polar surface area (TPSA) is 47.9 Å². The number of fused-ring (bicyclic) bond motifs is 1. The van der Waals surface area contributed by atoms with Crippen LogP contribution in [0.15, 0.2) is 36.4 Å². The fourth-order valence-electron chi connectivity index (χ4n) is 3.17. The largest absolute Gasteiger partial charge is 0.504 e. The number of benzene rings is 2. The Hall–Kier alpha value is -2.62. The number of aromatic hydroxyl groups is 1. The molecule has 0 radical (unpaired) electrons. The molecule has 1 N–H and O–H groups in total. The highest BCUT2D eigenvalue weighted by molar-refractivity contribution is 5.62. The van der Waals surface area contributed by atoms with Crippen molar-refractivity contribution in [1.82, 2.24) is 0 Å². The van der Waals surface area contributed by atoms with Gasteiger partial charge in [0.2, 0.25) is 0 Å². The number of hydrogen-bond donors (Lipinski definition) is 1. The summed E-state index contributed by atoms with van der Waals surface area (Å²) in [7, 11) is 3.19. The van der Waals surface area contributed by atoms with Crippen molar-refractivity contribution in [2.24, 2.45) is 0 Å². The molecule has 1 aliphatic heterocycles. The van der Waals surface area contributed by atoms with Crippen LogP contribution in [0.1, 0.15) is 42.6 Å². The van der Waals surface area contributed by atoms with Crippen molar-refractivity contribution in [3.63, 3.8) is 0 Å². The van der Waals surface area contributed by atoms with E-state index in [2.05, 4.69) is 13.0 Å². The highest BCUT2D eigenvalue weighted by Gasteiger charge is 2.35. The van der Waals surface area contributed by atoms with Crippen molar-refractivity contribution in [3.05, 3.63) is 53.1 Å². The summed E-state index contributed by atoms with van der Waals surface area (Å²) in [5.41, 5.74) is 3.18. The van der Waals surface area contributed by atoms with Crippen molar-refractivity contribution in [3.8, 4) is 23.0 Å². The minimum Gasteiger partial charge on any atom is -0.504 e. The third-order valence-corrected chi connectivity index (χ3v) is 4.41. The van der Waals surface area contributed by atoms with E-state index in [1.165, 1.54) is 0 Å². The van der Waals surface area contributed by atoms with Crippen LogP contribution in [0.3, 0.4) is 0 Å². The van der Waals surface area contributed by atoms with Crippen LogP contribution >= 0.6 is 0 Å². The van der Waals surface area contributed by atoms with Crippen LogP contribution in [0.25, 0.3) is 6.08 Å². The van der Waals surface area contributed by atoms with Gasteiger partial charge in [0.15, 0.2) is 23.0 Å². The molecule has 3 rings (SSSR count). The second-order valence-electron chi connectivity index (χ2n) is 5.90. The first-order valence-electron chi connectivity index (χ1n) is 7.97. The Kier molecular flexibility index (Phi) is 4.38. The van der Waals surface area contributed by atoms with Gasteiger partial charge in [0.25, 0.3) is 0 Å². The van der Waals surface area contributed by atoms with E-state index < -0.39 is 0 Å². The molecule has 0 spiro atoms. The number of ether oxygens (including phenoxy) is 3. The van der Waals surface area contributed by atoms with Gasteiger partial charge >= 0.3 is 0 Å². The molecular weight excluding hydrogens is 304 g/mol. The van der Waals surface area contributed by atoms with E-state index in [1.54, 1.807) is 20.3 Å². The lowest BCUT2D eigenvalue weighted by Crippen LogP contribution is -2.07. The Morgan fingerprint density at radius 2 is 1.83 bits per heavy atom. The van der Waals surface area contributed by atoms with Crippen LogP contribution < -0.4 is 14.2 Å². The Morgan fingerprint density at radius 1 is 1.08 bits per heavy atom. The Labute approximate surface area is 142 Å². The quantitative estimate of drug-likeness (QED) is 0.886. The first kappa shape index (κ1) is 16.2. The Balaban J connectivity index is 2.03. The average molecular weight is 326 g/mol. The molecule has 4 nitrogen and oxygen atoms in total. The van der Waals surface area contributed by atoms with Gasteiger partial charge in [0, 0.05) is 11.5 Å². The van der Waals surface area contributed by atoms with Gasteiger partial charge in [-0.3, -0.25) is 0 Å². The molecule has 0 bridgehead atoms. The second kappa shape index (κ2) is 6.48. The van der Waals surface area contributed by atoms with E-state index in [-0.39, 0.29) is 17.8 Å². The number of methoxy groups -OCH3 is 2. The average Bonchev–Trinajstić information content (AvgIpc) is 2.92. The molecule has 0 fully saturated rings. The molecule has 1 heterocycles. The Bertz CT molecular complexity index is 779. The molecule has 126 valence electrons. The van der Waals surface area contributed by atoms with Crippen LogP contribution in [0.2, 0.25) is 0 Å². The van der Waals surface area contributed by atoms with Crippen molar-refractivity contribution in [2.75, 3.05) is 14.2 Å². The van der Waals surface area contributed by atoms with Crippen molar-refractivity contribution < 1.29 is 19.3 Å². The first-order chi connectivity index (χ1) is 11.6. The van der Waals surface area contributed by atoms with Crippen LogP contribution in [0.4, 0.5) is 0 Å². The zero-order chi connectivity index (χ0) is 17.3. The lowest BCUT2D eigenvalue weighted by atomic mass is 9.91. The number of phenolic OH excluding ortho intramolecular Hbond substituents is 1. The van der Waals surface area contributed by atoms with Crippen LogP contribution in [0.5, 0.6) is 23.0 Å². The fraction of sp³-hybridized carbons (Fsp3) is 0.300. The summed E-state index contributed by atoms with van der Waals surface area (Å²) in [4.78, 5) is 0. The molecule has 24 heavy (non-hydrogen) atoms. The van der Waals surface area contributed by atoms with Crippen molar-refractivity contribution >= 4 is 6.08 Å². The van der Waals surface area contributed by atoms with Crippen LogP contribution in [-0.4, -0.2) is 19.3 Å². The molecule has 4 heteroatoms. The fourth-order valence-corrected chi connectivity index (χ4v) is 3.17. The molecule has 0 amide bonds. The minimum absolute atomic E-state index is 0.123. The number of phenols is 1. The number of hydrogen-bond acceptors (Lipinski definition) is 4. The predicted molar refractivity (Wildman–Crippen MR) is 94.1 cm³/mol. The van der Waals surface area contributed by atoms with Gasteiger partial charge in [-0.15, -0.1) is 0 Å². The predicted octanol–water partition coefficient (Wildman–Crippen LogP) is 4.68. The molecule has 0 aliphatic carbocycles. The summed E-state index contributed by atoms with van der Waals surface area (Å²) in [6.45, 7) is 4.12. The Morgan fingerprint density at radius 3 is 2.50 bits per heavy atom. The lowest BCUT2D eigenvalue weighted by Gasteiger charge is -2.17. The molecule has 0 saturated heterocycles. The summed E-state index contributed by atoms with van der Waals surface area (Å²) < 4.78 is 16.9. The summed E-state index contributed by atoms with van der Waals surface area (Å²) in [6.07, 6.45) is 3.90. The summed E-state index contributed by atoms with van der Waals surface area (Å²) in [6, 6.07) is 9.44. The van der Waals surface area contributed by atoms with Gasteiger partial charge < -0.3 is 19.3 Å². The third kappa shape index (κ3) is 2.68. The second-order valence-corrected chi connectivity index (χ2v) is 5.90. The van der Waals surface area contributed by atoms with E-state index in [1.807, 2.05) is 37.3 Å². The molecule has 2 atom stereocenters. The minimum atomic E-state index is -0.149. The molecule has 1 aliphatic rings. The molecule has 2 aromatic carbocycles. The molecule has 0 saturated carbocycles. The normalized spacial score (nSPS) is 19.2. The summed E-state index contributed by atoms with van der Waals surface area (Å²) >= 11 is 0. The first-order valence-corrected chi connectivity index (χ1v) is 7.97. The maximum absolute atomic E-state index is 9.80. The van der Waals surface area contributed by atoms with E-state index in [4.69, 9.17) is 14.2 Å². The molecule has 0 aromatic heterocycles. The zero-order valence-corrected chi connectivity index (χ0v) is 14.4. The summed E-state index contributed by atoms with van der Waals surface area (Å²) in [5.74, 6) is 2.25. The zero-order valence-electron chi connectivity index (χ0n) is 14.4. The molecular formula is C20H22O4. The van der Waals surface area contributed by atoms with Gasteiger partial charge in [-0.2, -0.15) is 0 Å². The van der Waals surface area contributed by atoms with Gasteiger partial charge in [-0.05, 0) is 42.3 Å². The van der Waals surface area contributed by atoms with Gasteiger partial charge in [0.1, 0.15) is 6.10 Å². The summed E-state index contributed by atoms with van der Waals surface area (Å²) in [5, 5.41) is 9.80. The molecule has 2 aromatic rings. The monoisotopic (exact) mass is 326 g/mol. The van der Waals surface area contributed by atoms with Gasteiger partial charge in [-0.25, -0.2) is 0 Å². The van der Waals surface area contributed by atoms with Crippen LogP contribution in [0, 0.1) is 0 Å². The lowest BCUT2D eigenvalue weighted by molar-refractivity contribution is 0.207. The van der Waals surface area contributed by atoms with E-state index >= 15 is 0 Å². The van der Waals surface area contributed by atoms with E-state index in [9.17, 15) is 5.11 Å². The van der Waals surface area contributed by atoms with Crippen LogP contribution in [-0.2, 0) is 0 Å². The highest BCUT2D eigenvalue weighted by atomic mass is 16.5. The maximum atomic E-state index is 9.80. The maximum Gasteiger partial charge on any atom is 0.165 e. The van der Waals surface area contributed by atoms with Crippen molar-refractivity contribution in [1.29, 1.82) is 0 Å². The van der Waals surface area contributed by atoms with E-state index in [0.29, 0.717) is 5.75 Å². The SMILES string of the molecule is CC=Cc1cc(OC)c2c(c1)[C@H](C)[C@@H](c1ccc(O)c(OC)c1)O2. The standard InChI is InChI=1S/C20H22O4/c1-5-6-13-9-15-12(2)19(24-20(15)18(10-13)23-4)14-7-8-16(21)17(11-14)22-3/h5-12,19,21H,1-4H3/t12-,19-/m0/s1. The number of allylic oxidation sites excluding steroid dienone is 1. The van der Waals surface area contributed by atoms with E-state index in [0.717, 1.165) is 28.2 Å². The third-order valence-electron chi connectivity index (χ3n) is 4.41. The smallest absolute Gasteiger partial charge is 0.165 e. The molecule has 0 unspecified atom stereocenters. The number of rotatable bonds is 4. The van der Waals surface area contributed by atoms with Crippen molar-refractivity contribution in [2.45, 2.75) is 25.9 Å². The highest BCUT2D eigenvalue weighted by Crippen LogP contribution is 2.51. The van der Waals surface area contributed by atoms with Gasteiger partial charge in [0.05, 0.1) is 14.2 Å². The van der Waals surface area contributed by atoms with Gasteiger partial charge in [-0.1, -0.05) is 25.1 Å².